The first-order chi connectivity index (χ1) is 13.5. The van der Waals surface area contributed by atoms with Gasteiger partial charge in [-0.3, -0.25) is 9.59 Å². The Morgan fingerprint density at radius 1 is 1.04 bits per heavy atom. The van der Waals surface area contributed by atoms with Gasteiger partial charge in [0.25, 0.3) is 5.91 Å². The average Bonchev–Trinajstić information content (AvgIpc) is 2.71. The Labute approximate surface area is 162 Å². The van der Waals surface area contributed by atoms with Crippen molar-refractivity contribution in [1.29, 1.82) is 0 Å². The molecule has 0 saturated carbocycles. The van der Waals surface area contributed by atoms with Crippen molar-refractivity contribution in [3.05, 3.63) is 48.2 Å². The van der Waals surface area contributed by atoms with Crippen LogP contribution >= 0.6 is 0 Å². The van der Waals surface area contributed by atoms with Gasteiger partial charge < -0.3 is 25.4 Å². The first-order valence-electron chi connectivity index (χ1n) is 8.60. The van der Waals surface area contributed by atoms with Crippen LogP contribution < -0.4 is 20.7 Å². The zero-order valence-electron chi connectivity index (χ0n) is 15.7. The molecule has 0 saturated heterocycles. The van der Waals surface area contributed by atoms with E-state index in [-0.39, 0.29) is 23.8 Å². The Kier molecular flexibility index (Phi) is 7.77. The van der Waals surface area contributed by atoms with E-state index in [1.165, 1.54) is 19.4 Å². The summed E-state index contributed by atoms with van der Waals surface area (Å²) in [5.41, 5.74) is 0.780. The van der Waals surface area contributed by atoms with E-state index in [4.69, 9.17) is 9.47 Å². The Balaban J connectivity index is 1.99. The van der Waals surface area contributed by atoms with Gasteiger partial charge in [0.2, 0.25) is 5.91 Å². The molecule has 0 bridgehead atoms. The highest BCUT2D eigenvalue weighted by molar-refractivity contribution is 5.97. The minimum Gasteiger partial charge on any atom is -0.495 e. The number of para-hydroxylation sites is 2. The number of aromatic nitrogens is 1. The van der Waals surface area contributed by atoms with E-state index in [1.54, 1.807) is 25.1 Å². The number of amides is 2. The summed E-state index contributed by atoms with van der Waals surface area (Å²) in [4.78, 5) is 39.6. The number of rotatable bonds is 9. The van der Waals surface area contributed by atoms with E-state index in [9.17, 15) is 14.4 Å². The Morgan fingerprint density at radius 2 is 1.82 bits per heavy atom. The van der Waals surface area contributed by atoms with E-state index in [0.717, 1.165) is 0 Å². The van der Waals surface area contributed by atoms with Gasteiger partial charge in [0.1, 0.15) is 17.1 Å². The number of hydrogen-bond donors (Lipinski definition) is 3. The maximum absolute atomic E-state index is 12.4. The lowest BCUT2D eigenvalue weighted by molar-refractivity contribution is -0.127. The molecule has 1 aromatic heterocycles. The van der Waals surface area contributed by atoms with E-state index in [1.807, 2.05) is 12.1 Å². The van der Waals surface area contributed by atoms with Gasteiger partial charge in [-0.2, -0.15) is 0 Å². The van der Waals surface area contributed by atoms with E-state index in [2.05, 4.69) is 20.9 Å². The quantitative estimate of drug-likeness (QED) is 0.555. The third-order valence-corrected chi connectivity index (χ3v) is 3.54. The summed E-state index contributed by atoms with van der Waals surface area (Å²) < 4.78 is 10.3. The minimum absolute atomic E-state index is 0.157. The lowest BCUT2D eigenvalue weighted by Gasteiger charge is -2.13. The second-order valence-electron chi connectivity index (χ2n) is 5.53. The van der Waals surface area contributed by atoms with Crippen LogP contribution in [-0.2, 0) is 14.3 Å². The molecule has 9 heteroatoms. The van der Waals surface area contributed by atoms with Crippen molar-refractivity contribution < 1.29 is 23.9 Å². The molecule has 0 spiro atoms. The van der Waals surface area contributed by atoms with Gasteiger partial charge >= 0.3 is 5.97 Å². The molecule has 0 atom stereocenters. The van der Waals surface area contributed by atoms with Crippen molar-refractivity contribution in [2.75, 3.05) is 32.1 Å². The summed E-state index contributed by atoms with van der Waals surface area (Å²) in [5, 5.41) is 7.94. The standard InChI is InChI=1S/C19H22N4O5/c1-3-20-16(24)11-22-17(25)12-28-19(26)13-7-6-10-21-18(13)23-14-8-4-5-9-15(14)27-2/h4-10H,3,11-12H2,1-2H3,(H,20,24)(H,21,23)(H,22,25). The van der Waals surface area contributed by atoms with Crippen molar-refractivity contribution >= 4 is 29.3 Å². The number of nitrogens with zero attached hydrogens (tertiary/aromatic N) is 1. The third kappa shape index (κ3) is 5.97. The van der Waals surface area contributed by atoms with Crippen LogP contribution in [0.2, 0.25) is 0 Å². The van der Waals surface area contributed by atoms with Gasteiger partial charge in [0.05, 0.1) is 19.3 Å². The number of nitrogens with one attached hydrogen (secondary N) is 3. The fraction of sp³-hybridized carbons (Fsp3) is 0.263. The number of benzene rings is 1. The number of carbonyl (C=O) groups is 3. The summed E-state index contributed by atoms with van der Waals surface area (Å²) >= 11 is 0. The predicted octanol–water partition coefficient (Wildman–Crippen LogP) is 1.24. The molecule has 0 aliphatic carbocycles. The van der Waals surface area contributed by atoms with Crippen molar-refractivity contribution in [2.24, 2.45) is 0 Å². The normalized spacial score (nSPS) is 9.93. The Bertz CT molecular complexity index is 841. The molecule has 3 N–H and O–H groups in total. The number of ether oxygens (including phenoxy) is 2. The van der Waals surface area contributed by atoms with Gasteiger partial charge in [-0.1, -0.05) is 12.1 Å². The number of pyridine rings is 1. The fourth-order valence-corrected chi connectivity index (χ4v) is 2.24. The van der Waals surface area contributed by atoms with Gasteiger partial charge in [-0.05, 0) is 31.2 Å². The molecule has 0 unspecified atom stereocenters. The van der Waals surface area contributed by atoms with Crippen molar-refractivity contribution in [3.8, 4) is 5.75 Å². The number of hydrogen-bond acceptors (Lipinski definition) is 7. The molecule has 0 radical (unpaired) electrons. The summed E-state index contributed by atoms with van der Waals surface area (Å²) in [6, 6.07) is 10.3. The fourth-order valence-electron chi connectivity index (χ4n) is 2.24. The molecular formula is C19H22N4O5. The van der Waals surface area contributed by atoms with Crippen molar-refractivity contribution in [1.82, 2.24) is 15.6 Å². The predicted molar refractivity (Wildman–Crippen MR) is 102 cm³/mol. The molecule has 2 aromatic rings. The third-order valence-electron chi connectivity index (χ3n) is 3.54. The van der Waals surface area contributed by atoms with Crippen molar-refractivity contribution in [3.63, 3.8) is 0 Å². The number of carbonyl (C=O) groups excluding carboxylic acids is 3. The van der Waals surface area contributed by atoms with Crippen LogP contribution in [0.25, 0.3) is 0 Å². The summed E-state index contributed by atoms with van der Waals surface area (Å²) in [6.07, 6.45) is 1.52. The first-order valence-corrected chi connectivity index (χ1v) is 8.60. The minimum atomic E-state index is -0.723. The van der Waals surface area contributed by atoms with E-state index < -0.39 is 18.5 Å². The lowest BCUT2D eigenvalue weighted by atomic mass is 10.2. The second-order valence-corrected chi connectivity index (χ2v) is 5.53. The van der Waals surface area contributed by atoms with Crippen LogP contribution in [0.5, 0.6) is 5.75 Å². The monoisotopic (exact) mass is 386 g/mol. The van der Waals surface area contributed by atoms with Crippen LogP contribution in [0, 0.1) is 0 Å². The van der Waals surface area contributed by atoms with Crippen LogP contribution in [-0.4, -0.2) is 49.6 Å². The largest absolute Gasteiger partial charge is 0.495 e. The maximum atomic E-state index is 12.4. The molecule has 2 amide bonds. The zero-order valence-corrected chi connectivity index (χ0v) is 15.7. The Morgan fingerprint density at radius 3 is 2.57 bits per heavy atom. The number of anilines is 2. The lowest BCUT2D eigenvalue weighted by Crippen LogP contribution is -2.38. The second kappa shape index (κ2) is 10.5. The van der Waals surface area contributed by atoms with Gasteiger partial charge in [-0.15, -0.1) is 0 Å². The van der Waals surface area contributed by atoms with E-state index in [0.29, 0.717) is 18.0 Å². The SMILES string of the molecule is CCNC(=O)CNC(=O)COC(=O)c1cccnc1Nc1ccccc1OC. The van der Waals surface area contributed by atoms with E-state index >= 15 is 0 Å². The highest BCUT2D eigenvalue weighted by atomic mass is 16.5. The van der Waals surface area contributed by atoms with Crippen LogP contribution in [0.15, 0.2) is 42.6 Å². The highest BCUT2D eigenvalue weighted by Gasteiger charge is 2.16. The summed E-state index contributed by atoms with van der Waals surface area (Å²) in [7, 11) is 1.54. The molecule has 0 aliphatic heterocycles. The molecule has 0 aliphatic rings. The number of esters is 1. The Hall–Kier alpha value is -3.62. The average molecular weight is 386 g/mol. The maximum Gasteiger partial charge on any atom is 0.342 e. The zero-order chi connectivity index (χ0) is 20.4. The summed E-state index contributed by atoms with van der Waals surface area (Å²) in [6.45, 7) is 1.54. The molecule has 148 valence electrons. The van der Waals surface area contributed by atoms with Crippen LogP contribution in [0.1, 0.15) is 17.3 Å². The van der Waals surface area contributed by atoms with Gasteiger partial charge in [-0.25, -0.2) is 9.78 Å². The smallest absolute Gasteiger partial charge is 0.342 e. The molecule has 2 rings (SSSR count). The molecule has 0 fully saturated rings. The molecule has 28 heavy (non-hydrogen) atoms. The molecule has 1 heterocycles. The topological polar surface area (TPSA) is 119 Å². The molecule has 1 aromatic carbocycles. The molecular weight excluding hydrogens is 364 g/mol. The van der Waals surface area contributed by atoms with Gasteiger partial charge in [0.15, 0.2) is 6.61 Å². The first kappa shape index (κ1) is 20.7. The number of likely N-dealkylation sites (N-methyl/N-ethyl adjacent to an activating group) is 1. The molecule has 9 nitrogen and oxygen atoms in total. The summed E-state index contributed by atoms with van der Waals surface area (Å²) in [5.74, 6) is -0.781. The van der Waals surface area contributed by atoms with Crippen molar-refractivity contribution in [2.45, 2.75) is 6.92 Å². The number of methoxy groups -OCH3 is 1. The highest BCUT2D eigenvalue weighted by Crippen LogP contribution is 2.27. The van der Waals surface area contributed by atoms with Gasteiger partial charge in [0, 0.05) is 12.7 Å². The van der Waals surface area contributed by atoms with Crippen LogP contribution in [0.3, 0.4) is 0 Å². The van der Waals surface area contributed by atoms with Crippen LogP contribution in [0.4, 0.5) is 11.5 Å².